The monoisotopic (exact) mass is 359 g/mol. The van der Waals surface area contributed by atoms with Crippen LogP contribution in [-0.2, 0) is 11.8 Å². The second kappa shape index (κ2) is 7.35. The fourth-order valence-electron chi connectivity index (χ4n) is 5.19. The first kappa shape index (κ1) is 18.1. The molecule has 4 rings (SSSR count). The lowest BCUT2D eigenvalue weighted by Gasteiger charge is -2.41. The Morgan fingerprint density at radius 1 is 1.31 bits per heavy atom. The molecule has 1 amide bonds. The average Bonchev–Trinajstić information content (AvgIpc) is 3.17. The summed E-state index contributed by atoms with van der Waals surface area (Å²) in [5, 5.41) is 0. The van der Waals surface area contributed by atoms with Gasteiger partial charge in [0.2, 0.25) is 0 Å². The van der Waals surface area contributed by atoms with Crippen LogP contribution in [0.1, 0.15) is 49.0 Å². The molecule has 3 aliphatic rings. The standard InChI is InChI=1S/C21H33N3O2/c1-22-10-4-7-19(22)20(25)24-16-21(13-18(24)15-26-2)8-11-23(12-9-21)14-17-5-3-6-17/h4,7,10,17-18H,3,5-6,8-9,11-16H2,1-2H3/t18-/m0/s1. The van der Waals surface area contributed by atoms with Crippen molar-refractivity contribution in [2.24, 2.45) is 18.4 Å². The molecular formula is C21H33N3O2. The molecule has 26 heavy (non-hydrogen) atoms. The third-order valence-corrected chi connectivity index (χ3v) is 7.06. The average molecular weight is 360 g/mol. The van der Waals surface area contributed by atoms with Crippen molar-refractivity contribution in [1.82, 2.24) is 14.4 Å². The van der Waals surface area contributed by atoms with Crippen LogP contribution in [0, 0.1) is 11.3 Å². The first-order valence-electron chi connectivity index (χ1n) is 10.2. The van der Waals surface area contributed by atoms with Crippen LogP contribution in [0.5, 0.6) is 0 Å². The van der Waals surface area contributed by atoms with Gasteiger partial charge in [0.15, 0.2) is 0 Å². The Balaban J connectivity index is 1.42. The van der Waals surface area contributed by atoms with E-state index in [2.05, 4.69) is 9.80 Å². The zero-order chi connectivity index (χ0) is 18.1. The van der Waals surface area contributed by atoms with Crippen molar-refractivity contribution in [3.63, 3.8) is 0 Å². The number of hydrogen-bond donors (Lipinski definition) is 0. The number of ether oxygens (including phenoxy) is 1. The zero-order valence-corrected chi connectivity index (χ0v) is 16.3. The lowest BCUT2D eigenvalue weighted by Crippen LogP contribution is -2.44. The number of carbonyl (C=O) groups excluding carboxylic acids is 1. The second-order valence-electron chi connectivity index (χ2n) is 8.85. The Morgan fingerprint density at radius 3 is 2.65 bits per heavy atom. The lowest BCUT2D eigenvalue weighted by atomic mass is 9.76. The van der Waals surface area contributed by atoms with Gasteiger partial charge in [-0.15, -0.1) is 0 Å². The van der Waals surface area contributed by atoms with E-state index in [1.54, 1.807) is 7.11 Å². The van der Waals surface area contributed by atoms with Crippen molar-refractivity contribution in [3.8, 4) is 0 Å². The number of rotatable bonds is 5. The van der Waals surface area contributed by atoms with Crippen molar-refractivity contribution in [2.45, 2.75) is 44.6 Å². The van der Waals surface area contributed by atoms with Crippen LogP contribution in [0.3, 0.4) is 0 Å². The highest BCUT2D eigenvalue weighted by Gasteiger charge is 2.47. The summed E-state index contributed by atoms with van der Waals surface area (Å²) in [5.74, 6) is 1.11. The summed E-state index contributed by atoms with van der Waals surface area (Å²) in [5.41, 5.74) is 1.07. The number of aromatic nitrogens is 1. The molecule has 1 aromatic heterocycles. The number of methoxy groups -OCH3 is 1. The van der Waals surface area contributed by atoms with Crippen LogP contribution in [0.15, 0.2) is 18.3 Å². The molecule has 0 unspecified atom stereocenters. The van der Waals surface area contributed by atoms with E-state index in [9.17, 15) is 4.79 Å². The van der Waals surface area contributed by atoms with Crippen LogP contribution in [-0.4, -0.2) is 66.2 Å². The van der Waals surface area contributed by atoms with Crippen LogP contribution in [0.25, 0.3) is 0 Å². The second-order valence-corrected chi connectivity index (χ2v) is 8.85. The van der Waals surface area contributed by atoms with E-state index in [1.807, 2.05) is 29.9 Å². The molecule has 1 aromatic rings. The molecule has 2 saturated heterocycles. The first-order valence-corrected chi connectivity index (χ1v) is 10.2. The minimum absolute atomic E-state index is 0.160. The van der Waals surface area contributed by atoms with E-state index in [1.165, 1.54) is 51.7 Å². The minimum atomic E-state index is 0.160. The number of hydrogen-bond acceptors (Lipinski definition) is 3. The van der Waals surface area contributed by atoms with Gasteiger partial charge < -0.3 is 19.1 Å². The Bertz CT molecular complexity index is 629. The smallest absolute Gasteiger partial charge is 0.270 e. The van der Waals surface area contributed by atoms with Gasteiger partial charge in [0.25, 0.3) is 5.91 Å². The van der Waals surface area contributed by atoms with Crippen molar-refractivity contribution < 1.29 is 9.53 Å². The topological polar surface area (TPSA) is 37.7 Å². The van der Waals surface area contributed by atoms with E-state index in [-0.39, 0.29) is 11.9 Å². The van der Waals surface area contributed by atoms with E-state index >= 15 is 0 Å². The van der Waals surface area contributed by atoms with Crippen LogP contribution < -0.4 is 0 Å². The van der Waals surface area contributed by atoms with E-state index in [0.717, 1.165) is 24.6 Å². The molecule has 5 nitrogen and oxygen atoms in total. The number of nitrogens with zero attached hydrogens (tertiary/aromatic N) is 3. The SMILES string of the molecule is COC[C@@H]1CC2(CCN(CC3CCC3)CC2)CN1C(=O)c1cccn1C. The molecule has 0 bridgehead atoms. The largest absolute Gasteiger partial charge is 0.383 e. The number of amides is 1. The normalized spacial score (nSPS) is 26.4. The van der Waals surface area contributed by atoms with Crippen molar-refractivity contribution in [2.75, 3.05) is 39.9 Å². The molecule has 3 heterocycles. The van der Waals surface area contributed by atoms with Crippen LogP contribution in [0.2, 0.25) is 0 Å². The summed E-state index contributed by atoms with van der Waals surface area (Å²) in [6.45, 7) is 5.22. The highest BCUT2D eigenvalue weighted by atomic mass is 16.5. The van der Waals surface area contributed by atoms with Gasteiger partial charge in [0.05, 0.1) is 12.6 Å². The quantitative estimate of drug-likeness (QED) is 0.811. The van der Waals surface area contributed by atoms with Gasteiger partial charge in [-0.1, -0.05) is 6.42 Å². The predicted octanol–water partition coefficient (Wildman–Crippen LogP) is 2.77. The molecule has 5 heteroatoms. The summed E-state index contributed by atoms with van der Waals surface area (Å²) in [6, 6.07) is 4.09. The summed E-state index contributed by atoms with van der Waals surface area (Å²) < 4.78 is 7.40. The maximum absolute atomic E-state index is 13.1. The molecule has 0 radical (unpaired) electrons. The van der Waals surface area contributed by atoms with Crippen molar-refractivity contribution in [1.29, 1.82) is 0 Å². The van der Waals surface area contributed by atoms with Gasteiger partial charge in [-0.05, 0) is 68.7 Å². The number of carbonyl (C=O) groups is 1. The molecular weight excluding hydrogens is 326 g/mol. The minimum Gasteiger partial charge on any atom is -0.383 e. The van der Waals surface area contributed by atoms with E-state index in [0.29, 0.717) is 12.0 Å². The van der Waals surface area contributed by atoms with Gasteiger partial charge >= 0.3 is 0 Å². The highest BCUT2D eigenvalue weighted by Crippen LogP contribution is 2.44. The molecule has 144 valence electrons. The fourth-order valence-corrected chi connectivity index (χ4v) is 5.19. The van der Waals surface area contributed by atoms with E-state index < -0.39 is 0 Å². The Kier molecular flexibility index (Phi) is 5.11. The molecule has 1 aliphatic carbocycles. The summed E-state index contributed by atoms with van der Waals surface area (Å²) in [6.07, 6.45) is 9.76. The molecule has 0 N–H and O–H groups in total. The van der Waals surface area contributed by atoms with Gasteiger partial charge in [-0.25, -0.2) is 0 Å². The summed E-state index contributed by atoms with van der Waals surface area (Å²) >= 11 is 0. The third kappa shape index (κ3) is 3.44. The third-order valence-electron chi connectivity index (χ3n) is 7.06. The van der Waals surface area contributed by atoms with Crippen LogP contribution >= 0.6 is 0 Å². The van der Waals surface area contributed by atoms with Crippen LogP contribution in [0.4, 0.5) is 0 Å². The first-order chi connectivity index (χ1) is 12.6. The lowest BCUT2D eigenvalue weighted by molar-refractivity contribution is 0.0590. The number of likely N-dealkylation sites (tertiary alicyclic amines) is 2. The van der Waals surface area contributed by atoms with Gasteiger partial charge in [0, 0.05) is 33.4 Å². The van der Waals surface area contributed by atoms with E-state index in [4.69, 9.17) is 4.74 Å². The molecule has 1 saturated carbocycles. The van der Waals surface area contributed by atoms with Gasteiger partial charge in [-0.2, -0.15) is 0 Å². The Morgan fingerprint density at radius 2 is 2.08 bits per heavy atom. The maximum atomic E-state index is 13.1. The summed E-state index contributed by atoms with van der Waals surface area (Å²) in [4.78, 5) is 17.9. The zero-order valence-electron chi connectivity index (χ0n) is 16.3. The predicted molar refractivity (Wildman–Crippen MR) is 102 cm³/mol. The van der Waals surface area contributed by atoms with Crippen molar-refractivity contribution in [3.05, 3.63) is 24.0 Å². The molecule has 3 fully saturated rings. The Hall–Kier alpha value is -1.33. The van der Waals surface area contributed by atoms with Crippen molar-refractivity contribution >= 4 is 5.91 Å². The highest BCUT2D eigenvalue weighted by molar-refractivity contribution is 5.93. The molecule has 0 aromatic carbocycles. The van der Waals surface area contributed by atoms with Gasteiger partial charge in [0.1, 0.15) is 5.69 Å². The molecule has 1 atom stereocenters. The number of aryl methyl sites for hydroxylation is 1. The molecule has 1 spiro atoms. The van der Waals surface area contributed by atoms with Gasteiger partial charge in [-0.3, -0.25) is 4.79 Å². The fraction of sp³-hybridized carbons (Fsp3) is 0.762. The number of piperidine rings is 1. The maximum Gasteiger partial charge on any atom is 0.270 e. The summed E-state index contributed by atoms with van der Waals surface area (Å²) in [7, 11) is 3.70. The Labute approximate surface area is 157 Å². The molecule has 2 aliphatic heterocycles.